The molecule has 0 aliphatic carbocycles. The van der Waals surface area contributed by atoms with E-state index in [1.807, 2.05) is 21.0 Å². The highest BCUT2D eigenvalue weighted by molar-refractivity contribution is 7.89. The molecule has 0 radical (unpaired) electrons. The first-order valence-corrected chi connectivity index (χ1v) is 6.96. The molecular formula is C10H24N2O2S. The van der Waals surface area contributed by atoms with E-state index >= 15 is 0 Å². The van der Waals surface area contributed by atoms with Crippen LogP contribution in [0.3, 0.4) is 0 Å². The third-order valence-electron chi connectivity index (χ3n) is 2.32. The van der Waals surface area contributed by atoms with Crippen molar-refractivity contribution in [3.8, 4) is 0 Å². The molecule has 0 aromatic carbocycles. The molecule has 0 fully saturated rings. The van der Waals surface area contributed by atoms with E-state index in [4.69, 9.17) is 0 Å². The molecule has 0 unspecified atom stereocenters. The minimum absolute atomic E-state index is 0.322. The molecule has 15 heavy (non-hydrogen) atoms. The molecule has 0 saturated carbocycles. The largest absolute Gasteiger partial charge is 0.309 e. The van der Waals surface area contributed by atoms with Crippen LogP contribution in [0, 0.1) is 0 Å². The van der Waals surface area contributed by atoms with Crippen molar-refractivity contribution in [3.05, 3.63) is 0 Å². The Hall–Kier alpha value is -0.130. The summed E-state index contributed by atoms with van der Waals surface area (Å²) in [7, 11) is 0.914. The Morgan fingerprint density at radius 2 is 1.67 bits per heavy atom. The van der Waals surface area contributed by atoms with E-state index in [0.29, 0.717) is 13.1 Å². The van der Waals surface area contributed by atoms with E-state index in [1.165, 1.54) is 0 Å². The maximum Gasteiger partial charge on any atom is 0.216 e. The van der Waals surface area contributed by atoms with Gasteiger partial charge in [0.1, 0.15) is 0 Å². The van der Waals surface area contributed by atoms with Crippen molar-refractivity contribution in [3.63, 3.8) is 0 Å². The molecule has 0 N–H and O–H groups in total. The highest BCUT2D eigenvalue weighted by atomic mass is 32.2. The van der Waals surface area contributed by atoms with Gasteiger partial charge in [-0.3, -0.25) is 0 Å². The Morgan fingerprint density at radius 3 is 2.00 bits per heavy atom. The Labute approximate surface area is 94.3 Å². The van der Waals surface area contributed by atoms with E-state index in [-0.39, 0.29) is 5.25 Å². The lowest BCUT2D eigenvalue weighted by atomic mass is 10.4. The summed E-state index contributed by atoms with van der Waals surface area (Å²) in [6, 6.07) is 0. The Morgan fingerprint density at radius 1 is 1.13 bits per heavy atom. The molecule has 0 aliphatic rings. The predicted molar refractivity (Wildman–Crippen MR) is 64.5 cm³/mol. The first-order valence-electron chi connectivity index (χ1n) is 5.46. The van der Waals surface area contributed by atoms with Gasteiger partial charge in [-0.05, 0) is 40.9 Å². The normalized spacial score (nSPS) is 13.1. The fourth-order valence-corrected chi connectivity index (χ4v) is 2.67. The van der Waals surface area contributed by atoms with Crippen LogP contribution >= 0.6 is 0 Å². The Kier molecular flexibility index (Phi) is 6.40. The Balaban J connectivity index is 4.26. The fraction of sp³-hybridized carbons (Fsp3) is 1.00. The van der Waals surface area contributed by atoms with Gasteiger partial charge in [-0.1, -0.05) is 6.92 Å². The molecule has 0 heterocycles. The lowest BCUT2D eigenvalue weighted by Crippen LogP contribution is -2.37. The maximum absolute atomic E-state index is 11.8. The zero-order valence-electron chi connectivity index (χ0n) is 10.5. The SMILES string of the molecule is CCN(CCCN(C)C)S(=O)(=O)C(C)C. The molecule has 0 spiro atoms. The molecule has 0 rings (SSSR count). The quantitative estimate of drug-likeness (QED) is 0.662. The zero-order chi connectivity index (χ0) is 12.1. The average molecular weight is 236 g/mol. The predicted octanol–water partition coefficient (Wildman–Crippen LogP) is 0.998. The van der Waals surface area contributed by atoms with Crippen molar-refractivity contribution in [1.82, 2.24) is 9.21 Å². The molecular weight excluding hydrogens is 212 g/mol. The lowest BCUT2D eigenvalue weighted by Gasteiger charge is -2.23. The highest BCUT2D eigenvalue weighted by Gasteiger charge is 2.23. The van der Waals surface area contributed by atoms with E-state index in [2.05, 4.69) is 4.90 Å². The molecule has 0 amide bonds. The molecule has 4 nitrogen and oxygen atoms in total. The summed E-state index contributed by atoms with van der Waals surface area (Å²) in [6.45, 7) is 7.44. The van der Waals surface area contributed by atoms with Crippen LogP contribution in [0.5, 0.6) is 0 Å². The van der Waals surface area contributed by atoms with Gasteiger partial charge >= 0.3 is 0 Å². The summed E-state index contributed by atoms with van der Waals surface area (Å²) >= 11 is 0. The number of hydrogen-bond acceptors (Lipinski definition) is 3. The van der Waals surface area contributed by atoms with Crippen molar-refractivity contribution < 1.29 is 8.42 Å². The molecule has 0 aromatic heterocycles. The van der Waals surface area contributed by atoms with Gasteiger partial charge in [0.2, 0.25) is 10.0 Å². The Bertz CT molecular complexity index is 261. The fourth-order valence-electron chi connectivity index (χ4n) is 1.33. The molecule has 92 valence electrons. The number of hydrogen-bond donors (Lipinski definition) is 0. The summed E-state index contributed by atoms with van der Waals surface area (Å²) in [5.41, 5.74) is 0. The summed E-state index contributed by atoms with van der Waals surface area (Å²) in [4.78, 5) is 2.07. The van der Waals surface area contributed by atoms with Crippen LogP contribution in [0.4, 0.5) is 0 Å². The van der Waals surface area contributed by atoms with Crippen LogP contribution in [0.25, 0.3) is 0 Å². The maximum atomic E-state index is 11.8. The topological polar surface area (TPSA) is 40.6 Å². The molecule has 0 aliphatic heterocycles. The third-order valence-corrected chi connectivity index (χ3v) is 4.67. The van der Waals surface area contributed by atoms with Gasteiger partial charge in [0.05, 0.1) is 5.25 Å². The van der Waals surface area contributed by atoms with Gasteiger partial charge in [0.25, 0.3) is 0 Å². The number of rotatable bonds is 7. The van der Waals surface area contributed by atoms with Gasteiger partial charge in [-0.15, -0.1) is 0 Å². The standard InChI is InChI=1S/C10H24N2O2S/c1-6-12(9-7-8-11(4)5)15(13,14)10(2)3/h10H,6-9H2,1-5H3. The summed E-state index contributed by atoms with van der Waals surface area (Å²) in [5, 5.41) is -0.322. The molecule has 0 saturated heterocycles. The van der Waals surface area contributed by atoms with Crippen LogP contribution in [-0.4, -0.2) is 56.6 Å². The molecule has 0 aromatic rings. The van der Waals surface area contributed by atoms with Crippen LogP contribution in [0.2, 0.25) is 0 Å². The number of sulfonamides is 1. The van der Waals surface area contributed by atoms with Crippen molar-refractivity contribution in [2.75, 3.05) is 33.7 Å². The lowest BCUT2D eigenvalue weighted by molar-refractivity contribution is 0.354. The van der Waals surface area contributed by atoms with Crippen LogP contribution in [-0.2, 0) is 10.0 Å². The first-order chi connectivity index (χ1) is 6.82. The monoisotopic (exact) mass is 236 g/mol. The van der Waals surface area contributed by atoms with Crippen LogP contribution in [0.15, 0.2) is 0 Å². The second-order valence-corrected chi connectivity index (χ2v) is 6.73. The second-order valence-electron chi connectivity index (χ2n) is 4.24. The summed E-state index contributed by atoms with van der Waals surface area (Å²) < 4.78 is 25.3. The van der Waals surface area contributed by atoms with Gasteiger partial charge in [0.15, 0.2) is 0 Å². The summed E-state index contributed by atoms with van der Waals surface area (Å²) in [5.74, 6) is 0. The minimum atomic E-state index is -3.07. The van der Waals surface area contributed by atoms with E-state index < -0.39 is 10.0 Å². The summed E-state index contributed by atoms with van der Waals surface area (Å²) in [6.07, 6.45) is 0.882. The average Bonchev–Trinajstić information content (AvgIpc) is 2.11. The number of nitrogens with zero attached hydrogens (tertiary/aromatic N) is 2. The van der Waals surface area contributed by atoms with Crippen molar-refractivity contribution in [2.45, 2.75) is 32.4 Å². The van der Waals surface area contributed by atoms with Gasteiger partial charge in [-0.25, -0.2) is 12.7 Å². The molecule has 5 heteroatoms. The van der Waals surface area contributed by atoms with Crippen molar-refractivity contribution in [1.29, 1.82) is 0 Å². The second kappa shape index (κ2) is 6.45. The van der Waals surface area contributed by atoms with Crippen LogP contribution < -0.4 is 0 Å². The van der Waals surface area contributed by atoms with E-state index in [1.54, 1.807) is 18.2 Å². The van der Waals surface area contributed by atoms with Crippen molar-refractivity contribution in [2.24, 2.45) is 0 Å². The van der Waals surface area contributed by atoms with Gasteiger partial charge in [-0.2, -0.15) is 0 Å². The van der Waals surface area contributed by atoms with Gasteiger partial charge < -0.3 is 4.90 Å². The van der Waals surface area contributed by atoms with Crippen LogP contribution in [0.1, 0.15) is 27.2 Å². The molecule has 0 atom stereocenters. The molecule has 0 bridgehead atoms. The van der Waals surface area contributed by atoms with E-state index in [0.717, 1.165) is 13.0 Å². The minimum Gasteiger partial charge on any atom is -0.309 e. The van der Waals surface area contributed by atoms with E-state index in [9.17, 15) is 8.42 Å². The smallest absolute Gasteiger partial charge is 0.216 e. The van der Waals surface area contributed by atoms with Crippen molar-refractivity contribution >= 4 is 10.0 Å². The first kappa shape index (κ1) is 14.9. The highest BCUT2D eigenvalue weighted by Crippen LogP contribution is 2.08. The van der Waals surface area contributed by atoms with Gasteiger partial charge in [0, 0.05) is 13.1 Å². The third kappa shape index (κ3) is 4.95. The zero-order valence-corrected chi connectivity index (χ0v) is 11.3.